The van der Waals surface area contributed by atoms with Crippen LogP contribution in [0.2, 0.25) is 0 Å². The van der Waals surface area contributed by atoms with Gasteiger partial charge in [0.05, 0.1) is 25.4 Å². The number of anilines is 1. The molecule has 0 amide bonds. The molecule has 0 saturated heterocycles. The lowest BCUT2D eigenvalue weighted by Gasteiger charge is -2.19. The van der Waals surface area contributed by atoms with Crippen LogP contribution in [0.3, 0.4) is 0 Å². The molecule has 0 saturated carbocycles. The minimum absolute atomic E-state index is 0.00461. The maximum Gasteiger partial charge on any atom is 0.171 e. The second-order valence-electron chi connectivity index (χ2n) is 6.59. The molecule has 1 atom stereocenters. The van der Waals surface area contributed by atoms with Crippen molar-refractivity contribution in [1.82, 2.24) is 5.32 Å². The number of benzene rings is 2. The smallest absolute Gasteiger partial charge is 0.171 e. The molecule has 0 radical (unpaired) electrons. The van der Waals surface area contributed by atoms with Crippen molar-refractivity contribution in [3.63, 3.8) is 0 Å². The molecule has 0 aliphatic heterocycles. The van der Waals surface area contributed by atoms with E-state index in [4.69, 9.17) is 26.4 Å². The topological polar surface area (TPSA) is 51.8 Å². The van der Waals surface area contributed by atoms with Gasteiger partial charge in [-0.2, -0.15) is 0 Å². The summed E-state index contributed by atoms with van der Waals surface area (Å²) in [5, 5.41) is 7.06. The van der Waals surface area contributed by atoms with Crippen molar-refractivity contribution in [1.29, 1.82) is 0 Å². The Morgan fingerprint density at radius 3 is 2.36 bits per heavy atom. The molecule has 0 aliphatic rings. The molecule has 0 heterocycles. The van der Waals surface area contributed by atoms with E-state index in [1.54, 1.807) is 0 Å². The van der Waals surface area contributed by atoms with Gasteiger partial charge >= 0.3 is 0 Å². The molecule has 2 aromatic rings. The Hall–Kier alpha value is -2.47. The first-order chi connectivity index (χ1) is 13.4. The quantitative estimate of drug-likeness (QED) is 0.554. The summed E-state index contributed by atoms with van der Waals surface area (Å²) >= 11 is 5.48. The molecule has 0 aliphatic carbocycles. The Morgan fingerprint density at radius 2 is 1.68 bits per heavy atom. The highest BCUT2D eigenvalue weighted by molar-refractivity contribution is 7.80. The lowest BCUT2D eigenvalue weighted by molar-refractivity contribution is 0.242. The van der Waals surface area contributed by atoms with Crippen LogP contribution >= 0.6 is 12.2 Å². The van der Waals surface area contributed by atoms with E-state index in [-0.39, 0.29) is 12.1 Å². The molecule has 0 bridgehead atoms. The van der Waals surface area contributed by atoms with Crippen molar-refractivity contribution in [2.45, 2.75) is 46.8 Å². The summed E-state index contributed by atoms with van der Waals surface area (Å²) in [6.45, 7) is 11.2. The van der Waals surface area contributed by atoms with E-state index in [1.807, 2.05) is 70.2 Å². The lowest BCUT2D eigenvalue weighted by atomic mass is 10.1. The average molecular weight is 403 g/mol. The van der Waals surface area contributed by atoms with E-state index in [1.165, 1.54) is 0 Å². The molecule has 28 heavy (non-hydrogen) atoms. The molecule has 2 aromatic carbocycles. The first-order valence-electron chi connectivity index (χ1n) is 9.66. The van der Waals surface area contributed by atoms with Crippen molar-refractivity contribution >= 4 is 23.0 Å². The van der Waals surface area contributed by atoms with Gasteiger partial charge in [-0.3, -0.25) is 0 Å². The maximum atomic E-state index is 5.72. The van der Waals surface area contributed by atoms with Gasteiger partial charge in [0.2, 0.25) is 0 Å². The second kappa shape index (κ2) is 10.8. The van der Waals surface area contributed by atoms with Crippen molar-refractivity contribution in [2.24, 2.45) is 0 Å². The predicted octanol–water partition coefficient (Wildman–Crippen LogP) is 5.32. The van der Waals surface area contributed by atoms with Crippen LogP contribution in [0.4, 0.5) is 5.69 Å². The van der Waals surface area contributed by atoms with Gasteiger partial charge in [0.1, 0.15) is 5.75 Å². The summed E-state index contributed by atoms with van der Waals surface area (Å²) in [4.78, 5) is 0. The van der Waals surface area contributed by atoms with Gasteiger partial charge in [-0.25, -0.2) is 0 Å². The van der Waals surface area contributed by atoms with Crippen molar-refractivity contribution < 1.29 is 14.2 Å². The van der Waals surface area contributed by atoms with Crippen LogP contribution in [0.15, 0.2) is 42.5 Å². The van der Waals surface area contributed by atoms with Gasteiger partial charge in [0.25, 0.3) is 0 Å². The molecular formula is C22H30N2O3S. The maximum absolute atomic E-state index is 5.72. The highest BCUT2D eigenvalue weighted by Gasteiger charge is 2.12. The zero-order valence-corrected chi connectivity index (χ0v) is 18.1. The van der Waals surface area contributed by atoms with Crippen LogP contribution in [-0.4, -0.2) is 24.4 Å². The molecule has 0 spiro atoms. The summed E-state index contributed by atoms with van der Waals surface area (Å²) < 4.78 is 17.1. The SMILES string of the molecule is CCOc1ccc(C(C)NC(=S)Nc2cccc(OC(C)C)c2)cc1OCC. The largest absolute Gasteiger partial charge is 0.491 e. The Morgan fingerprint density at radius 1 is 0.964 bits per heavy atom. The standard InChI is InChI=1S/C22H30N2O3S/c1-6-25-20-12-11-17(13-21(20)26-7-2)16(5)23-22(28)24-18-9-8-10-19(14-18)27-15(3)4/h8-16H,6-7H2,1-5H3,(H2,23,24,28). The predicted molar refractivity (Wildman–Crippen MR) is 119 cm³/mol. The fraction of sp³-hybridized carbons (Fsp3) is 0.409. The summed E-state index contributed by atoms with van der Waals surface area (Å²) in [6.07, 6.45) is 0.125. The van der Waals surface area contributed by atoms with E-state index >= 15 is 0 Å². The third kappa shape index (κ3) is 6.60. The Balaban J connectivity index is 2.03. The number of rotatable bonds is 9. The first-order valence-corrected chi connectivity index (χ1v) is 10.1. The van der Waals surface area contributed by atoms with Crippen LogP contribution in [0, 0.1) is 0 Å². The van der Waals surface area contributed by atoms with Crippen LogP contribution < -0.4 is 24.8 Å². The van der Waals surface area contributed by atoms with Gasteiger partial charge in [-0.1, -0.05) is 12.1 Å². The van der Waals surface area contributed by atoms with Gasteiger partial charge in [-0.15, -0.1) is 0 Å². The fourth-order valence-electron chi connectivity index (χ4n) is 2.70. The minimum Gasteiger partial charge on any atom is -0.491 e. The molecule has 5 nitrogen and oxygen atoms in total. The number of hydrogen-bond donors (Lipinski definition) is 2. The van der Waals surface area contributed by atoms with E-state index in [0.29, 0.717) is 18.3 Å². The number of thiocarbonyl (C=S) groups is 1. The normalized spacial score (nSPS) is 11.6. The van der Waals surface area contributed by atoms with Crippen molar-refractivity contribution in [3.8, 4) is 17.2 Å². The van der Waals surface area contributed by atoms with Gasteiger partial charge in [-0.05, 0) is 76.7 Å². The Labute approximate surface area is 173 Å². The van der Waals surface area contributed by atoms with Crippen molar-refractivity contribution in [2.75, 3.05) is 18.5 Å². The fourth-order valence-corrected chi connectivity index (χ4v) is 3.00. The second-order valence-corrected chi connectivity index (χ2v) is 7.00. The average Bonchev–Trinajstić information content (AvgIpc) is 2.63. The third-order valence-corrected chi connectivity index (χ3v) is 4.10. The number of hydrogen-bond acceptors (Lipinski definition) is 4. The minimum atomic E-state index is 0.00461. The monoisotopic (exact) mass is 402 g/mol. The molecular weight excluding hydrogens is 372 g/mol. The zero-order chi connectivity index (χ0) is 20.5. The van der Waals surface area contributed by atoms with Crippen LogP contribution in [0.1, 0.15) is 46.2 Å². The Kier molecular flexibility index (Phi) is 8.39. The Bertz CT molecular complexity index is 780. The van der Waals surface area contributed by atoms with Crippen LogP contribution in [-0.2, 0) is 0 Å². The summed E-state index contributed by atoms with van der Waals surface area (Å²) in [7, 11) is 0. The summed E-state index contributed by atoms with van der Waals surface area (Å²) in [5.41, 5.74) is 1.94. The highest BCUT2D eigenvalue weighted by atomic mass is 32.1. The summed E-state index contributed by atoms with van der Waals surface area (Å²) in [6, 6.07) is 13.7. The number of nitrogens with one attached hydrogen (secondary N) is 2. The van der Waals surface area contributed by atoms with E-state index in [2.05, 4.69) is 17.6 Å². The molecule has 0 aromatic heterocycles. The van der Waals surface area contributed by atoms with Crippen LogP contribution in [0.5, 0.6) is 17.2 Å². The van der Waals surface area contributed by atoms with E-state index in [9.17, 15) is 0 Å². The van der Waals surface area contributed by atoms with E-state index < -0.39 is 0 Å². The third-order valence-electron chi connectivity index (χ3n) is 3.88. The molecule has 2 N–H and O–H groups in total. The van der Waals surface area contributed by atoms with E-state index in [0.717, 1.165) is 28.5 Å². The highest BCUT2D eigenvalue weighted by Crippen LogP contribution is 2.30. The molecule has 1 unspecified atom stereocenters. The van der Waals surface area contributed by atoms with Crippen LogP contribution in [0.25, 0.3) is 0 Å². The molecule has 2 rings (SSSR count). The van der Waals surface area contributed by atoms with Gasteiger partial charge in [0.15, 0.2) is 16.6 Å². The summed E-state index contributed by atoms with van der Waals surface area (Å²) in [5.74, 6) is 2.31. The lowest BCUT2D eigenvalue weighted by Crippen LogP contribution is -2.30. The number of ether oxygens (including phenoxy) is 3. The van der Waals surface area contributed by atoms with Gasteiger partial charge < -0.3 is 24.8 Å². The first kappa shape index (κ1) is 21.8. The molecule has 152 valence electrons. The van der Waals surface area contributed by atoms with Gasteiger partial charge in [0, 0.05) is 11.8 Å². The molecule has 0 fully saturated rings. The zero-order valence-electron chi connectivity index (χ0n) is 17.2. The molecule has 6 heteroatoms. The van der Waals surface area contributed by atoms with Crippen molar-refractivity contribution in [3.05, 3.63) is 48.0 Å².